The zero-order chi connectivity index (χ0) is 24.1. The number of carbonyl (C=O) groups excluding carboxylic acids is 1. The number of hydrogen-bond donors (Lipinski definition) is 1. The molecule has 0 saturated heterocycles. The molecule has 7 nitrogen and oxygen atoms in total. The van der Waals surface area contributed by atoms with Gasteiger partial charge in [-0.05, 0) is 31.0 Å². The zero-order valence-corrected chi connectivity index (χ0v) is 19.3. The van der Waals surface area contributed by atoms with Gasteiger partial charge in [-0.25, -0.2) is 14.4 Å². The Morgan fingerprint density at radius 1 is 1.12 bits per heavy atom. The summed E-state index contributed by atoms with van der Waals surface area (Å²) in [5.41, 5.74) is 1.36. The highest BCUT2D eigenvalue weighted by atomic mass is 19.1. The predicted molar refractivity (Wildman–Crippen MR) is 128 cm³/mol. The van der Waals surface area contributed by atoms with Crippen molar-refractivity contribution in [2.75, 3.05) is 12.4 Å². The molecule has 4 rings (SSSR count). The highest BCUT2D eigenvalue weighted by Crippen LogP contribution is 2.25. The Morgan fingerprint density at radius 2 is 1.85 bits per heavy atom. The number of halogens is 1. The second-order valence-corrected chi connectivity index (χ2v) is 7.16. The summed E-state index contributed by atoms with van der Waals surface area (Å²) in [6.45, 7) is 4.38. The largest absolute Gasteiger partial charge is 0.471 e. The molecule has 0 atom stereocenters. The first-order valence-electron chi connectivity index (χ1n) is 11.2. The Morgan fingerprint density at radius 3 is 2.52 bits per heavy atom. The van der Waals surface area contributed by atoms with Crippen molar-refractivity contribution in [2.24, 2.45) is 0 Å². The minimum atomic E-state index is -0.484. The molecule has 2 aromatic heterocycles. The van der Waals surface area contributed by atoms with Gasteiger partial charge in [0.2, 0.25) is 5.95 Å². The number of nitrogens with one attached hydrogen (secondary N) is 1. The normalized spacial score (nSPS) is 13.0. The molecule has 0 amide bonds. The summed E-state index contributed by atoms with van der Waals surface area (Å²) >= 11 is 0. The number of benzene rings is 1. The lowest BCUT2D eigenvalue weighted by Crippen LogP contribution is -2.23. The number of ether oxygens (including phenoxy) is 1. The molecule has 1 aliphatic rings. The van der Waals surface area contributed by atoms with E-state index in [1.807, 2.05) is 19.9 Å². The lowest BCUT2D eigenvalue weighted by molar-refractivity contribution is -0.126. The fourth-order valence-corrected chi connectivity index (χ4v) is 3.51. The average Bonchev–Trinajstić information content (AvgIpc) is 2.87. The second kappa shape index (κ2) is 13.8. The molecule has 2 heterocycles. The highest BCUT2D eigenvalue weighted by Gasteiger charge is 2.16. The minimum absolute atomic E-state index is 0.141. The molecule has 3 aromatic rings. The molecule has 33 heavy (non-hydrogen) atoms. The number of methoxy groups -OCH3 is 1. The lowest BCUT2D eigenvalue weighted by atomic mass is 9.96. The number of pyridine rings is 1. The van der Waals surface area contributed by atoms with Gasteiger partial charge < -0.3 is 10.1 Å². The van der Waals surface area contributed by atoms with E-state index in [4.69, 9.17) is 4.79 Å². The van der Waals surface area contributed by atoms with E-state index in [-0.39, 0.29) is 11.3 Å². The van der Waals surface area contributed by atoms with Crippen molar-refractivity contribution in [1.29, 1.82) is 0 Å². The molecule has 1 fully saturated rings. The van der Waals surface area contributed by atoms with Crippen LogP contribution in [0.2, 0.25) is 0 Å². The maximum atomic E-state index is 14.4. The highest BCUT2D eigenvalue weighted by molar-refractivity contribution is 5.63. The quantitative estimate of drug-likeness (QED) is 0.547. The summed E-state index contributed by atoms with van der Waals surface area (Å²) in [6, 6.07) is 12.5. The van der Waals surface area contributed by atoms with Crippen molar-refractivity contribution in [3.63, 3.8) is 0 Å². The van der Waals surface area contributed by atoms with E-state index in [9.17, 15) is 9.18 Å². The molecule has 0 spiro atoms. The molecular formula is C25H31FN4O3. The van der Waals surface area contributed by atoms with E-state index in [1.54, 1.807) is 36.5 Å². The third-order valence-corrected chi connectivity index (χ3v) is 5.00. The van der Waals surface area contributed by atoms with Gasteiger partial charge in [-0.1, -0.05) is 51.3 Å². The summed E-state index contributed by atoms with van der Waals surface area (Å²) in [5, 5.41) is 3.33. The van der Waals surface area contributed by atoms with E-state index >= 15 is 0 Å². The fourth-order valence-electron chi connectivity index (χ4n) is 3.51. The summed E-state index contributed by atoms with van der Waals surface area (Å²) in [5.74, 6) is -0.0395. The van der Waals surface area contributed by atoms with Gasteiger partial charge in [0.05, 0.1) is 13.3 Å². The summed E-state index contributed by atoms with van der Waals surface area (Å²) in [6.07, 6.45) is 8.71. The van der Waals surface area contributed by atoms with Crippen LogP contribution in [-0.2, 0) is 9.53 Å². The van der Waals surface area contributed by atoms with Crippen LogP contribution in [0.4, 0.5) is 10.3 Å². The first-order chi connectivity index (χ1) is 16.1. The van der Waals surface area contributed by atoms with Crippen LogP contribution in [0.3, 0.4) is 0 Å². The summed E-state index contributed by atoms with van der Waals surface area (Å²) < 4.78 is 19.8. The van der Waals surface area contributed by atoms with Crippen LogP contribution in [0.25, 0.3) is 16.9 Å². The van der Waals surface area contributed by atoms with Crippen LogP contribution >= 0.6 is 0 Å². The van der Waals surface area contributed by atoms with Crippen molar-refractivity contribution < 1.29 is 13.9 Å². The van der Waals surface area contributed by atoms with Gasteiger partial charge in [0.1, 0.15) is 5.69 Å². The fraction of sp³-hybridized carbons (Fsp3) is 0.360. The molecule has 0 bridgehead atoms. The van der Waals surface area contributed by atoms with Crippen LogP contribution in [0.15, 0.2) is 59.7 Å². The van der Waals surface area contributed by atoms with E-state index in [2.05, 4.69) is 20.0 Å². The monoisotopic (exact) mass is 454 g/mol. The van der Waals surface area contributed by atoms with Gasteiger partial charge in [-0.15, -0.1) is 0 Å². The van der Waals surface area contributed by atoms with E-state index < -0.39 is 5.82 Å². The van der Waals surface area contributed by atoms with Gasteiger partial charge in [0.15, 0.2) is 5.82 Å². The van der Waals surface area contributed by atoms with Gasteiger partial charge in [-0.2, -0.15) is 0 Å². The Kier molecular flexibility index (Phi) is 10.7. The lowest BCUT2D eigenvalue weighted by Gasteiger charge is -2.22. The zero-order valence-electron chi connectivity index (χ0n) is 19.3. The Labute approximate surface area is 193 Å². The third kappa shape index (κ3) is 7.52. The Hall–Kier alpha value is -3.55. The van der Waals surface area contributed by atoms with Crippen molar-refractivity contribution in [2.45, 2.75) is 52.0 Å². The predicted octanol–water partition coefficient (Wildman–Crippen LogP) is 4.99. The minimum Gasteiger partial charge on any atom is -0.471 e. The van der Waals surface area contributed by atoms with Gasteiger partial charge in [-0.3, -0.25) is 14.2 Å². The molecule has 8 heteroatoms. The number of rotatable bonds is 5. The molecule has 1 aromatic carbocycles. The van der Waals surface area contributed by atoms with Crippen molar-refractivity contribution in [3.8, 4) is 16.9 Å². The van der Waals surface area contributed by atoms with Gasteiger partial charge >= 0.3 is 0 Å². The molecular weight excluding hydrogens is 423 g/mol. The first-order valence-corrected chi connectivity index (χ1v) is 11.2. The number of aromatic nitrogens is 3. The van der Waals surface area contributed by atoms with Crippen LogP contribution in [0.5, 0.6) is 0 Å². The van der Waals surface area contributed by atoms with Crippen molar-refractivity contribution in [3.05, 3.63) is 71.0 Å². The standard InChI is InChI=1S/C21H21FN4O.C2H4O2.C2H6/c22-18-14-23-21(24-16-8-2-1-3-9-16)25-20(18)15-7-6-10-17(13-15)26-12-5-4-11-19(26)27;1-4-2-3;1-2/h4-7,10-14,16H,1-3,8-9H2,(H,23,24,25);2H,1H3;1-2H3. The number of nitrogens with zero attached hydrogens (tertiary/aromatic N) is 3. The molecule has 1 aliphatic carbocycles. The molecule has 176 valence electrons. The van der Waals surface area contributed by atoms with Crippen LogP contribution in [-0.4, -0.2) is 34.2 Å². The van der Waals surface area contributed by atoms with Crippen LogP contribution in [0.1, 0.15) is 46.0 Å². The Balaban J connectivity index is 0.000000582. The van der Waals surface area contributed by atoms with Crippen LogP contribution in [0, 0.1) is 5.82 Å². The number of anilines is 1. The molecule has 0 radical (unpaired) electrons. The second-order valence-electron chi connectivity index (χ2n) is 7.16. The summed E-state index contributed by atoms with van der Waals surface area (Å²) in [7, 11) is 1.31. The molecule has 0 unspecified atom stereocenters. The molecule has 0 aliphatic heterocycles. The van der Waals surface area contributed by atoms with Crippen LogP contribution < -0.4 is 10.9 Å². The Bertz CT molecular complexity index is 1070. The third-order valence-electron chi connectivity index (χ3n) is 5.00. The van der Waals surface area contributed by atoms with E-state index in [1.165, 1.54) is 43.2 Å². The number of carbonyl (C=O) groups is 1. The topological polar surface area (TPSA) is 86.1 Å². The summed E-state index contributed by atoms with van der Waals surface area (Å²) in [4.78, 5) is 29.5. The first kappa shape index (κ1) is 25.7. The van der Waals surface area contributed by atoms with E-state index in [0.717, 1.165) is 12.8 Å². The maximum absolute atomic E-state index is 14.4. The van der Waals surface area contributed by atoms with Crippen molar-refractivity contribution >= 4 is 12.4 Å². The maximum Gasteiger partial charge on any atom is 0.292 e. The van der Waals surface area contributed by atoms with Crippen molar-refractivity contribution in [1.82, 2.24) is 14.5 Å². The SMILES string of the molecule is CC.COC=O.O=c1ccccn1-c1cccc(-c2nc(NC3CCCCC3)ncc2F)c1. The number of hydrogen-bond acceptors (Lipinski definition) is 6. The van der Waals surface area contributed by atoms with E-state index in [0.29, 0.717) is 29.7 Å². The average molecular weight is 455 g/mol. The molecule has 1 saturated carbocycles. The smallest absolute Gasteiger partial charge is 0.292 e. The van der Waals surface area contributed by atoms with Gasteiger partial charge in [0.25, 0.3) is 12.0 Å². The van der Waals surface area contributed by atoms with Gasteiger partial charge in [0, 0.05) is 29.6 Å². The molecule has 1 N–H and O–H groups in total.